The summed E-state index contributed by atoms with van der Waals surface area (Å²) in [5.41, 5.74) is 5.44. The zero-order valence-electron chi connectivity index (χ0n) is 9.41. The molecule has 0 bridgehead atoms. The van der Waals surface area contributed by atoms with Gasteiger partial charge < -0.3 is 10.8 Å². The highest BCUT2D eigenvalue weighted by atomic mass is 16.3. The van der Waals surface area contributed by atoms with E-state index in [0.717, 1.165) is 18.8 Å². The first kappa shape index (κ1) is 12.0. The fourth-order valence-corrected chi connectivity index (χ4v) is 2.56. The smallest absolute Gasteiger partial charge is 0.0568 e. The van der Waals surface area contributed by atoms with Gasteiger partial charge in [0.25, 0.3) is 0 Å². The van der Waals surface area contributed by atoms with Gasteiger partial charge in [-0.1, -0.05) is 39.0 Å². The van der Waals surface area contributed by atoms with Crippen molar-refractivity contribution in [2.45, 2.75) is 58.0 Å². The van der Waals surface area contributed by atoms with Crippen LogP contribution in [0.3, 0.4) is 0 Å². The summed E-state index contributed by atoms with van der Waals surface area (Å²) in [6.07, 6.45) is 8.47. The summed E-state index contributed by atoms with van der Waals surface area (Å²) in [7, 11) is 0. The Morgan fingerprint density at radius 1 is 1.29 bits per heavy atom. The molecule has 0 aromatic carbocycles. The first-order valence-corrected chi connectivity index (χ1v) is 6.14. The molecule has 0 heterocycles. The van der Waals surface area contributed by atoms with E-state index in [9.17, 15) is 5.11 Å². The molecule has 1 rings (SSSR count). The molecule has 0 saturated heterocycles. The summed E-state index contributed by atoms with van der Waals surface area (Å²) < 4.78 is 0. The van der Waals surface area contributed by atoms with Crippen molar-refractivity contribution in [1.82, 2.24) is 0 Å². The van der Waals surface area contributed by atoms with Crippen LogP contribution in [0.4, 0.5) is 0 Å². The number of nitrogens with two attached hydrogens (primary N) is 1. The summed E-state index contributed by atoms with van der Waals surface area (Å²) >= 11 is 0. The Hall–Kier alpha value is -0.0800. The maximum atomic E-state index is 9.95. The Labute approximate surface area is 87.9 Å². The lowest BCUT2D eigenvalue weighted by molar-refractivity contribution is 0.0611. The van der Waals surface area contributed by atoms with E-state index in [-0.39, 0.29) is 6.10 Å². The second kappa shape index (κ2) is 6.41. The molecule has 2 unspecified atom stereocenters. The minimum absolute atomic E-state index is 0.123. The Morgan fingerprint density at radius 2 is 1.93 bits per heavy atom. The van der Waals surface area contributed by atoms with E-state index in [4.69, 9.17) is 5.73 Å². The van der Waals surface area contributed by atoms with Crippen LogP contribution in [0.5, 0.6) is 0 Å². The molecule has 1 saturated carbocycles. The van der Waals surface area contributed by atoms with Crippen LogP contribution in [0, 0.1) is 11.8 Å². The van der Waals surface area contributed by atoms with Crippen LogP contribution in [-0.4, -0.2) is 17.8 Å². The summed E-state index contributed by atoms with van der Waals surface area (Å²) in [6, 6.07) is 0. The Balaban J connectivity index is 2.26. The number of aliphatic hydroxyl groups excluding tert-OH is 1. The Kier molecular flexibility index (Phi) is 5.49. The van der Waals surface area contributed by atoms with Crippen molar-refractivity contribution < 1.29 is 5.11 Å². The summed E-state index contributed by atoms with van der Waals surface area (Å²) in [5, 5.41) is 9.95. The van der Waals surface area contributed by atoms with Crippen LogP contribution in [0.2, 0.25) is 0 Å². The second-order valence-corrected chi connectivity index (χ2v) is 4.76. The van der Waals surface area contributed by atoms with Gasteiger partial charge in [-0.05, 0) is 31.2 Å². The van der Waals surface area contributed by atoms with Crippen LogP contribution in [0.25, 0.3) is 0 Å². The van der Waals surface area contributed by atoms with Crippen LogP contribution in [0.1, 0.15) is 51.9 Å². The van der Waals surface area contributed by atoms with Crippen molar-refractivity contribution in [1.29, 1.82) is 0 Å². The van der Waals surface area contributed by atoms with E-state index < -0.39 is 0 Å². The monoisotopic (exact) mass is 199 g/mol. The zero-order chi connectivity index (χ0) is 10.4. The molecular formula is C12H25NO. The molecule has 0 aliphatic heterocycles. The minimum atomic E-state index is -0.123. The quantitative estimate of drug-likeness (QED) is 0.713. The fourth-order valence-electron chi connectivity index (χ4n) is 2.56. The highest BCUT2D eigenvalue weighted by Gasteiger charge is 2.25. The van der Waals surface area contributed by atoms with Crippen LogP contribution in [0.15, 0.2) is 0 Å². The molecule has 3 N–H and O–H groups in total. The maximum absolute atomic E-state index is 9.95. The predicted molar refractivity (Wildman–Crippen MR) is 60.0 cm³/mol. The number of hydrogen-bond acceptors (Lipinski definition) is 2. The fraction of sp³-hybridized carbons (Fsp3) is 1.00. The van der Waals surface area contributed by atoms with Crippen molar-refractivity contribution >= 4 is 0 Å². The van der Waals surface area contributed by atoms with E-state index in [1.165, 1.54) is 32.1 Å². The van der Waals surface area contributed by atoms with Gasteiger partial charge in [0.15, 0.2) is 0 Å². The largest absolute Gasteiger partial charge is 0.393 e. The molecule has 0 radical (unpaired) electrons. The van der Waals surface area contributed by atoms with E-state index in [1.54, 1.807) is 0 Å². The third kappa shape index (κ3) is 3.58. The van der Waals surface area contributed by atoms with E-state index in [2.05, 4.69) is 6.92 Å². The summed E-state index contributed by atoms with van der Waals surface area (Å²) in [4.78, 5) is 0. The molecule has 2 nitrogen and oxygen atoms in total. The third-order valence-electron chi connectivity index (χ3n) is 3.70. The molecule has 0 aromatic heterocycles. The molecule has 1 fully saturated rings. The SMILES string of the molecule is CC(C(O)CCCN)C1CCCCC1. The van der Waals surface area contributed by atoms with Gasteiger partial charge >= 0.3 is 0 Å². The molecule has 1 aliphatic rings. The minimum Gasteiger partial charge on any atom is -0.393 e. The van der Waals surface area contributed by atoms with Crippen LogP contribution >= 0.6 is 0 Å². The van der Waals surface area contributed by atoms with Gasteiger partial charge in [-0.15, -0.1) is 0 Å². The number of hydrogen-bond donors (Lipinski definition) is 2. The first-order valence-electron chi connectivity index (χ1n) is 6.14. The van der Waals surface area contributed by atoms with Gasteiger partial charge in [-0.25, -0.2) is 0 Å². The third-order valence-corrected chi connectivity index (χ3v) is 3.70. The molecule has 14 heavy (non-hydrogen) atoms. The standard InChI is InChI=1S/C12H25NO/c1-10(12(14)8-5-9-13)11-6-3-2-4-7-11/h10-12,14H,2-9,13H2,1H3. The normalized spacial score (nSPS) is 23.4. The van der Waals surface area contributed by atoms with Crippen molar-refractivity contribution in [3.63, 3.8) is 0 Å². The molecule has 0 spiro atoms. The summed E-state index contributed by atoms with van der Waals surface area (Å²) in [6.45, 7) is 2.91. The van der Waals surface area contributed by atoms with Gasteiger partial charge in [-0.3, -0.25) is 0 Å². The van der Waals surface area contributed by atoms with E-state index in [1.807, 2.05) is 0 Å². The van der Waals surface area contributed by atoms with Crippen molar-refractivity contribution in [2.24, 2.45) is 17.6 Å². The van der Waals surface area contributed by atoms with Gasteiger partial charge in [0, 0.05) is 0 Å². The molecule has 2 heteroatoms. The summed E-state index contributed by atoms with van der Waals surface area (Å²) in [5.74, 6) is 1.23. The zero-order valence-corrected chi connectivity index (χ0v) is 9.41. The Morgan fingerprint density at radius 3 is 2.50 bits per heavy atom. The average molecular weight is 199 g/mol. The van der Waals surface area contributed by atoms with Crippen LogP contribution in [-0.2, 0) is 0 Å². The number of aliphatic hydroxyl groups is 1. The topological polar surface area (TPSA) is 46.2 Å². The first-order chi connectivity index (χ1) is 6.75. The maximum Gasteiger partial charge on any atom is 0.0568 e. The molecule has 84 valence electrons. The highest BCUT2D eigenvalue weighted by Crippen LogP contribution is 2.32. The van der Waals surface area contributed by atoms with Gasteiger partial charge in [-0.2, -0.15) is 0 Å². The van der Waals surface area contributed by atoms with E-state index in [0.29, 0.717) is 12.5 Å². The predicted octanol–water partition coefficient (Wildman–Crippen LogP) is 2.30. The highest BCUT2D eigenvalue weighted by molar-refractivity contribution is 4.76. The lowest BCUT2D eigenvalue weighted by Crippen LogP contribution is -2.27. The lowest BCUT2D eigenvalue weighted by Gasteiger charge is -2.30. The second-order valence-electron chi connectivity index (χ2n) is 4.76. The average Bonchev–Trinajstić information content (AvgIpc) is 2.26. The molecular weight excluding hydrogens is 174 g/mol. The molecule has 0 aromatic rings. The number of rotatable bonds is 5. The van der Waals surface area contributed by atoms with Crippen molar-refractivity contribution in [3.05, 3.63) is 0 Å². The molecule has 1 aliphatic carbocycles. The van der Waals surface area contributed by atoms with Gasteiger partial charge in [0.05, 0.1) is 6.10 Å². The van der Waals surface area contributed by atoms with Gasteiger partial charge in [0.1, 0.15) is 0 Å². The van der Waals surface area contributed by atoms with E-state index >= 15 is 0 Å². The van der Waals surface area contributed by atoms with Crippen molar-refractivity contribution in [3.8, 4) is 0 Å². The molecule has 2 atom stereocenters. The van der Waals surface area contributed by atoms with Gasteiger partial charge in [0.2, 0.25) is 0 Å². The lowest BCUT2D eigenvalue weighted by atomic mass is 9.77. The van der Waals surface area contributed by atoms with Crippen LogP contribution < -0.4 is 5.73 Å². The molecule has 0 amide bonds. The van der Waals surface area contributed by atoms with Crippen molar-refractivity contribution in [2.75, 3.05) is 6.54 Å². The Bertz CT molecular complexity index is 143.